The number of anilines is 1. The number of hydrogen-bond acceptors (Lipinski definition) is 3. The largest absolute Gasteiger partial charge is 0.494 e. The molecule has 0 saturated heterocycles. The first-order valence-electron chi connectivity index (χ1n) is 5.88. The maximum absolute atomic E-state index is 6.08. The zero-order chi connectivity index (χ0) is 14.3. The fourth-order valence-electron chi connectivity index (χ4n) is 2.17. The minimum Gasteiger partial charge on any atom is -0.494 e. The molecule has 0 atom stereocenters. The van der Waals surface area contributed by atoms with Crippen molar-refractivity contribution in [3.05, 3.63) is 45.9 Å². The van der Waals surface area contributed by atoms with Crippen molar-refractivity contribution in [2.75, 3.05) is 12.8 Å². The van der Waals surface area contributed by atoms with E-state index >= 15 is 0 Å². The molecule has 0 spiro atoms. The van der Waals surface area contributed by atoms with Gasteiger partial charge in [0.25, 0.3) is 0 Å². The number of nitrogens with zero attached hydrogens (tertiary/aromatic N) is 2. The summed E-state index contributed by atoms with van der Waals surface area (Å²) in [6.45, 7) is 0. The summed E-state index contributed by atoms with van der Waals surface area (Å²) >= 11 is 9.59. The molecule has 3 rings (SSSR count). The molecule has 0 aliphatic carbocycles. The number of methoxy groups -OCH3 is 1. The summed E-state index contributed by atoms with van der Waals surface area (Å²) < 4.78 is 8.04. The number of halogens is 2. The molecule has 3 aromatic rings. The smallest absolute Gasteiger partial charge is 0.206 e. The van der Waals surface area contributed by atoms with E-state index < -0.39 is 0 Å². The van der Waals surface area contributed by atoms with Gasteiger partial charge in [-0.3, -0.25) is 4.57 Å². The normalized spacial score (nSPS) is 10.9. The lowest BCUT2D eigenvalue weighted by molar-refractivity contribution is 0.419. The first-order chi connectivity index (χ1) is 9.61. The van der Waals surface area contributed by atoms with E-state index in [1.807, 2.05) is 41.0 Å². The van der Waals surface area contributed by atoms with E-state index in [1.165, 1.54) is 0 Å². The van der Waals surface area contributed by atoms with Crippen LogP contribution >= 0.6 is 27.5 Å². The molecule has 2 N–H and O–H groups in total. The summed E-state index contributed by atoms with van der Waals surface area (Å²) in [4.78, 5) is 4.38. The highest BCUT2D eigenvalue weighted by molar-refractivity contribution is 9.10. The van der Waals surface area contributed by atoms with Crippen molar-refractivity contribution in [1.82, 2.24) is 9.55 Å². The van der Waals surface area contributed by atoms with E-state index in [2.05, 4.69) is 20.9 Å². The third-order valence-corrected chi connectivity index (χ3v) is 3.95. The fraction of sp³-hybridized carbons (Fsp3) is 0.0714. The molecule has 0 amide bonds. The van der Waals surface area contributed by atoms with Gasteiger partial charge in [0.1, 0.15) is 11.3 Å². The quantitative estimate of drug-likeness (QED) is 0.757. The van der Waals surface area contributed by atoms with Crippen LogP contribution in [0.5, 0.6) is 5.75 Å². The van der Waals surface area contributed by atoms with Crippen LogP contribution in [0.2, 0.25) is 5.02 Å². The van der Waals surface area contributed by atoms with E-state index in [-0.39, 0.29) is 0 Å². The summed E-state index contributed by atoms with van der Waals surface area (Å²) in [5, 5.41) is 0.632. The number of imidazole rings is 1. The Hall–Kier alpha value is -1.72. The monoisotopic (exact) mass is 351 g/mol. The minimum absolute atomic E-state index is 0.382. The van der Waals surface area contributed by atoms with Gasteiger partial charge in [-0.2, -0.15) is 0 Å². The Morgan fingerprint density at radius 2 is 2.10 bits per heavy atom. The molecule has 2 aromatic carbocycles. The van der Waals surface area contributed by atoms with Gasteiger partial charge in [-0.1, -0.05) is 17.7 Å². The second-order valence-electron chi connectivity index (χ2n) is 4.23. The number of nitrogen functional groups attached to an aromatic ring is 1. The molecule has 20 heavy (non-hydrogen) atoms. The third-order valence-electron chi connectivity index (χ3n) is 3.04. The van der Waals surface area contributed by atoms with Crippen LogP contribution in [0.25, 0.3) is 16.7 Å². The van der Waals surface area contributed by atoms with Crippen molar-refractivity contribution in [2.45, 2.75) is 0 Å². The van der Waals surface area contributed by atoms with E-state index in [0.717, 1.165) is 21.2 Å². The number of para-hydroxylation sites is 1. The van der Waals surface area contributed by atoms with E-state index in [1.54, 1.807) is 7.11 Å². The van der Waals surface area contributed by atoms with Gasteiger partial charge in [-0.25, -0.2) is 4.98 Å². The Bertz CT molecular complexity index is 800. The standard InChI is InChI=1S/C14H11BrClN3O/c1-20-12-4-2-3-10-13(12)18-14(17)19(10)11-7-8(16)5-6-9(11)15/h2-7H,1H3,(H2,17,18). The highest BCUT2D eigenvalue weighted by atomic mass is 79.9. The van der Waals surface area contributed by atoms with Crippen molar-refractivity contribution in [2.24, 2.45) is 0 Å². The molecule has 0 fully saturated rings. The van der Waals surface area contributed by atoms with Gasteiger partial charge in [-0.15, -0.1) is 0 Å². The zero-order valence-electron chi connectivity index (χ0n) is 10.6. The second kappa shape index (κ2) is 5.00. The van der Waals surface area contributed by atoms with Crippen LogP contribution in [0.3, 0.4) is 0 Å². The highest BCUT2D eigenvalue weighted by Gasteiger charge is 2.15. The number of aromatic nitrogens is 2. The van der Waals surface area contributed by atoms with Gasteiger partial charge in [0.2, 0.25) is 5.95 Å². The van der Waals surface area contributed by atoms with Crippen LogP contribution in [0.15, 0.2) is 40.9 Å². The molecule has 4 nitrogen and oxygen atoms in total. The van der Waals surface area contributed by atoms with E-state index in [4.69, 9.17) is 22.1 Å². The molecule has 0 bridgehead atoms. The Morgan fingerprint density at radius 1 is 1.30 bits per heavy atom. The molecule has 102 valence electrons. The van der Waals surface area contributed by atoms with Gasteiger partial charge in [0, 0.05) is 9.50 Å². The Labute approximate surface area is 129 Å². The summed E-state index contributed by atoms with van der Waals surface area (Å²) in [6.07, 6.45) is 0. The van der Waals surface area contributed by atoms with Gasteiger partial charge >= 0.3 is 0 Å². The Morgan fingerprint density at radius 3 is 2.85 bits per heavy atom. The molecule has 6 heteroatoms. The van der Waals surface area contributed by atoms with Crippen LogP contribution in [0.4, 0.5) is 5.95 Å². The number of fused-ring (bicyclic) bond motifs is 1. The van der Waals surface area contributed by atoms with E-state index in [0.29, 0.717) is 16.7 Å². The molecule has 0 aliphatic rings. The lowest BCUT2D eigenvalue weighted by atomic mass is 10.2. The molecule has 1 heterocycles. The van der Waals surface area contributed by atoms with Crippen molar-refractivity contribution in [1.29, 1.82) is 0 Å². The first kappa shape index (κ1) is 13.3. The lowest BCUT2D eigenvalue weighted by Crippen LogP contribution is -2.01. The van der Waals surface area contributed by atoms with Gasteiger partial charge < -0.3 is 10.5 Å². The molecule has 0 radical (unpaired) electrons. The minimum atomic E-state index is 0.382. The van der Waals surface area contributed by atoms with Gasteiger partial charge in [0.15, 0.2) is 0 Å². The number of rotatable bonds is 2. The Kier molecular flexibility index (Phi) is 3.31. The number of nitrogens with two attached hydrogens (primary N) is 1. The lowest BCUT2D eigenvalue weighted by Gasteiger charge is -2.09. The number of benzene rings is 2. The molecular weight excluding hydrogens is 342 g/mol. The van der Waals surface area contributed by atoms with Crippen LogP contribution < -0.4 is 10.5 Å². The van der Waals surface area contributed by atoms with Crippen molar-refractivity contribution < 1.29 is 4.74 Å². The van der Waals surface area contributed by atoms with Crippen molar-refractivity contribution in [3.8, 4) is 11.4 Å². The summed E-state index contributed by atoms with van der Waals surface area (Å²) in [5.41, 5.74) is 8.49. The average Bonchev–Trinajstić information content (AvgIpc) is 2.77. The molecule has 1 aromatic heterocycles. The summed E-state index contributed by atoms with van der Waals surface area (Å²) in [7, 11) is 1.61. The van der Waals surface area contributed by atoms with Crippen LogP contribution in [0.1, 0.15) is 0 Å². The van der Waals surface area contributed by atoms with Crippen LogP contribution in [-0.4, -0.2) is 16.7 Å². The maximum atomic E-state index is 6.08. The first-order valence-corrected chi connectivity index (χ1v) is 7.05. The van der Waals surface area contributed by atoms with Crippen molar-refractivity contribution in [3.63, 3.8) is 0 Å². The molecule has 0 aliphatic heterocycles. The third kappa shape index (κ3) is 2.03. The molecule has 0 saturated carbocycles. The van der Waals surface area contributed by atoms with Crippen LogP contribution in [-0.2, 0) is 0 Å². The van der Waals surface area contributed by atoms with Gasteiger partial charge in [0.05, 0.1) is 18.3 Å². The van der Waals surface area contributed by atoms with E-state index in [9.17, 15) is 0 Å². The highest BCUT2D eigenvalue weighted by Crippen LogP contribution is 2.33. The Balaban J connectivity index is 2.37. The number of ether oxygens (including phenoxy) is 1. The predicted molar refractivity (Wildman–Crippen MR) is 84.7 cm³/mol. The average molecular weight is 353 g/mol. The summed E-state index contributed by atoms with van der Waals surface area (Å²) in [5.74, 6) is 1.07. The molecule has 0 unspecified atom stereocenters. The SMILES string of the molecule is COc1cccc2c1nc(N)n2-c1cc(Cl)ccc1Br. The number of hydrogen-bond donors (Lipinski definition) is 1. The zero-order valence-corrected chi connectivity index (χ0v) is 12.9. The van der Waals surface area contributed by atoms with Gasteiger partial charge in [-0.05, 0) is 46.3 Å². The maximum Gasteiger partial charge on any atom is 0.206 e. The molecular formula is C14H11BrClN3O. The topological polar surface area (TPSA) is 53.1 Å². The van der Waals surface area contributed by atoms with Crippen molar-refractivity contribution >= 4 is 44.5 Å². The van der Waals surface area contributed by atoms with Crippen LogP contribution in [0, 0.1) is 0 Å². The second-order valence-corrected chi connectivity index (χ2v) is 5.52. The predicted octanol–water partition coefficient (Wildman–Crippen LogP) is 4.03. The fourth-order valence-corrected chi connectivity index (χ4v) is 2.76. The summed E-state index contributed by atoms with van der Waals surface area (Å²) in [6, 6.07) is 11.2.